The summed E-state index contributed by atoms with van der Waals surface area (Å²) in [5, 5.41) is 9.28. The topological polar surface area (TPSA) is 20.2 Å². The molecule has 0 heterocycles. The van der Waals surface area contributed by atoms with Crippen LogP contribution in [0, 0.1) is 0 Å². The molecule has 0 aromatic carbocycles. The smallest absolute Gasteiger partial charge is 0.379 e. The third-order valence-electron chi connectivity index (χ3n) is 2.62. The first-order valence-electron chi connectivity index (χ1n) is 4.68. The second-order valence-corrected chi connectivity index (χ2v) is 3.87. The van der Waals surface area contributed by atoms with Gasteiger partial charge < -0.3 is 5.11 Å². The summed E-state index contributed by atoms with van der Waals surface area (Å²) in [6.07, 6.45) is -5.83. The van der Waals surface area contributed by atoms with Crippen molar-refractivity contribution in [3.63, 3.8) is 0 Å². The fourth-order valence-corrected chi connectivity index (χ4v) is 1.56. The lowest BCUT2D eigenvalue weighted by atomic mass is 9.82. The van der Waals surface area contributed by atoms with Gasteiger partial charge in [-0.1, -0.05) is 12.2 Å². The molecule has 17 heavy (non-hydrogen) atoms. The van der Waals surface area contributed by atoms with Crippen LogP contribution in [0.25, 0.3) is 0 Å². The van der Waals surface area contributed by atoms with Gasteiger partial charge in [-0.2, -0.15) is 30.7 Å². The minimum Gasteiger partial charge on any atom is -0.379 e. The average Bonchev–Trinajstić information content (AvgIpc) is 2.16. The Morgan fingerprint density at radius 3 is 1.88 bits per heavy atom. The number of aliphatic hydroxyl groups is 1. The monoisotopic (exact) mass is 266 g/mol. The largest absolute Gasteiger partial charge is 0.460 e. The lowest BCUT2D eigenvalue weighted by molar-refractivity contribution is -0.382. The van der Waals surface area contributed by atoms with Crippen LogP contribution in [0.1, 0.15) is 19.3 Å². The number of hydrogen-bond donors (Lipinski definition) is 1. The van der Waals surface area contributed by atoms with Crippen LogP contribution in [-0.4, -0.2) is 28.7 Å². The minimum absolute atomic E-state index is 0.0868. The summed E-state index contributed by atoms with van der Waals surface area (Å²) in [6, 6.07) is 0. The van der Waals surface area contributed by atoms with E-state index < -0.39 is 30.0 Å². The third-order valence-corrected chi connectivity index (χ3v) is 2.62. The SMILES string of the molecule is OC1(C(F)(F)C(F)(F)C(F)(F)F)C=CCCC1. The van der Waals surface area contributed by atoms with E-state index in [2.05, 4.69) is 0 Å². The first-order valence-corrected chi connectivity index (χ1v) is 4.68. The summed E-state index contributed by atoms with van der Waals surface area (Å²) < 4.78 is 87.4. The molecule has 100 valence electrons. The van der Waals surface area contributed by atoms with Crippen LogP contribution in [0.15, 0.2) is 12.2 Å². The molecule has 1 aliphatic carbocycles. The maximum Gasteiger partial charge on any atom is 0.460 e. The molecular weight excluding hydrogens is 257 g/mol. The Hall–Kier alpha value is -0.790. The van der Waals surface area contributed by atoms with Crippen LogP contribution < -0.4 is 0 Å². The van der Waals surface area contributed by atoms with E-state index in [1.165, 1.54) is 0 Å². The first-order chi connectivity index (χ1) is 7.46. The maximum atomic E-state index is 13.2. The van der Waals surface area contributed by atoms with Crippen LogP contribution >= 0.6 is 0 Å². The molecule has 0 bridgehead atoms. The molecule has 0 amide bonds. The van der Waals surface area contributed by atoms with Gasteiger partial charge in [-0.3, -0.25) is 0 Å². The highest BCUT2D eigenvalue weighted by Gasteiger charge is 2.78. The normalized spacial score (nSPS) is 27.3. The van der Waals surface area contributed by atoms with E-state index in [4.69, 9.17) is 0 Å². The molecule has 0 spiro atoms. The summed E-state index contributed by atoms with van der Waals surface area (Å²) in [5.41, 5.74) is -3.47. The Kier molecular flexibility index (Phi) is 3.24. The Morgan fingerprint density at radius 1 is 1.00 bits per heavy atom. The molecule has 0 aromatic heterocycles. The first kappa shape index (κ1) is 14.3. The van der Waals surface area contributed by atoms with E-state index in [9.17, 15) is 35.8 Å². The molecule has 1 N–H and O–H groups in total. The van der Waals surface area contributed by atoms with Crippen molar-refractivity contribution in [2.45, 2.75) is 42.9 Å². The van der Waals surface area contributed by atoms with Gasteiger partial charge in [-0.05, 0) is 19.3 Å². The molecule has 0 aromatic rings. The minimum atomic E-state index is -6.42. The van der Waals surface area contributed by atoms with Crippen molar-refractivity contribution in [3.8, 4) is 0 Å². The molecule has 0 saturated heterocycles. The van der Waals surface area contributed by atoms with E-state index in [-0.39, 0.29) is 12.8 Å². The van der Waals surface area contributed by atoms with Gasteiger partial charge in [0.25, 0.3) is 0 Å². The van der Waals surface area contributed by atoms with E-state index in [1.54, 1.807) is 0 Å². The fraction of sp³-hybridized carbons (Fsp3) is 0.778. The van der Waals surface area contributed by atoms with Crippen LogP contribution in [0.4, 0.5) is 30.7 Å². The number of hydrogen-bond acceptors (Lipinski definition) is 1. The van der Waals surface area contributed by atoms with Crippen LogP contribution in [-0.2, 0) is 0 Å². The van der Waals surface area contributed by atoms with Crippen molar-refractivity contribution in [2.24, 2.45) is 0 Å². The van der Waals surface area contributed by atoms with E-state index in [1.807, 2.05) is 0 Å². The Balaban J connectivity index is 3.18. The van der Waals surface area contributed by atoms with Gasteiger partial charge in [0, 0.05) is 0 Å². The van der Waals surface area contributed by atoms with Gasteiger partial charge in [0.15, 0.2) is 5.60 Å². The van der Waals surface area contributed by atoms with Gasteiger partial charge in [0.1, 0.15) is 0 Å². The fourth-order valence-electron chi connectivity index (χ4n) is 1.56. The Morgan fingerprint density at radius 2 is 1.53 bits per heavy atom. The quantitative estimate of drug-likeness (QED) is 0.600. The van der Waals surface area contributed by atoms with Gasteiger partial charge in [-0.15, -0.1) is 0 Å². The van der Waals surface area contributed by atoms with Crippen LogP contribution in [0.5, 0.6) is 0 Å². The molecule has 0 radical (unpaired) electrons. The zero-order valence-electron chi connectivity index (χ0n) is 8.37. The van der Waals surface area contributed by atoms with E-state index in [0.717, 1.165) is 6.08 Å². The number of allylic oxidation sites excluding steroid dienone is 1. The predicted molar refractivity (Wildman–Crippen MR) is 43.9 cm³/mol. The van der Waals surface area contributed by atoms with Gasteiger partial charge in [0.2, 0.25) is 0 Å². The summed E-state index contributed by atoms with van der Waals surface area (Å²) in [6.45, 7) is 0. The second kappa shape index (κ2) is 3.86. The highest BCUT2D eigenvalue weighted by Crippen LogP contribution is 2.53. The molecule has 1 atom stereocenters. The Labute approximate surface area is 91.9 Å². The zero-order chi connectivity index (χ0) is 13.5. The maximum absolute atomic E-state index is 13.2. The second-order valence-electron chi connectivity index (χ2n) is 3.87. The molecule has 0 fully saturated rings. The van der Waals surface area contributed by atoms with Crippen molar-refractivity contribution < 1.29 is 35.8 Å². The van der Waals surface area contributed by atoms with E-state index >= 15 is 0 Å². The summed E-state index contributed by atoms with van der Waals surface area (Å²) in [7, 11) is 0. The lowest BCUT2D eigenvalue weighted by Crippen LogP contribution is -2.63. The highest BCUT2D eigenvalue weighted by molar-refractivity contribution is 5.16. The molecule has 8 heteroatoms. The molecule has 0 aliphatic heterocycles. The molecular formula is C9H9F7O. The molecule has 1 rings (SSSR count). The van der Waals surface area contributed by atoms with Crippen molar-refractivity contribution in [3.05, 3.63) is 12.2 Å². The zero-order valence-corrected chi connectivity index (χ0v) is 8.37. The van der Waals surface area contributed by atoms with Crippen molar-refractivity contribution in [2.75, 3.05) is 0 Å². The van der Waals surface area contributed by atoms with Gasteiger partial charge >= 0.3 is 18.0 Å². The summed E-state index contributed by atoms with van der Waals surface area (Å²) >= 11 is 0. The molecule has 1 aliphatic rings. The molecule has 1 nitrogen and oxygen atoms in total. The van der Waals surface area contributed by atoms with Crippen molar-refractivity contribution >= 4 is 0 Å². The van der Waals surface area contributed by atoms with E-state index in [0.29, 0.717) is 6.08 Å². The van der Waals surface area contributed by atoms with Gasteiger partial charge in [-0.25, -0.2) is 0 Å². The molecule has 0 saturated carbocycles. The Bertz CT molecular complexity index is 320. The third kappa shape index (κ3) is 2.02. The van der Waals surface area contributed by atoms with Crippen molar-refractivity contribution in [1.29, 1.82) is 0 Å². The standard InChI is InChI=1S/C9H9F7O/c10-7(11,8(12,13)9(14,15)16)6(17)4-2-1-3-5-6/h2,4,17H,1,3,5H2. The molecule has 1 unspecified atom stereocenters. The van der Waals surface area contributed by atoms with Crippen LogP contribution in [0.2, 0.25) is 0 Å². The highest BCUT2D eigenvalue weighted by atomic mass is 19.4. The number of rotatable bonds is 2. The number of halogens is 7. The van der Waals surface area contributed by atoms with Crippen LogP contribution in [0.3, 0.4) is 0 Å². The van der Waals surface area contributed by atoms with Gasteiger partial charge in [0.05, 0.1) is 0 Å². The lowest BCUT2D eigenvalue weighted by Gasteiger charge is -2.39. The summed E-state index contributed by atoms with van der Waals surface area (Å²) in [5.74, 6) is -11.9. The average molecular weight is 266 g/mol. The summed E-state index contributed by atoms with van der Waals surface area (Å²) in [4.78, 5) is 0. The number of alkyl halides is 7. The van der Waals surface area contributed by atoms with Crippen molar-refractivity contribution in [1.82, 2.24) is 0 Å². The predicted octanol–water partition coefficient (Wildman–Crippen LogP) is 3.29.